The smallest absolute Gasteiger partial charge is 0.324 e. The second-order valence-electron chi connectivity index (χ2n) is 2.35. The molecule has 0 fully saturated rings. The average molecular weight is 227 g/mol. The third-order valence-corrected chi connectivity index (χ3v) is 2.00. The van der Waals surface area contributed by atoms with Crippen LogP contribution in [0.3, 0.4) is 0 Å². The maximum atomic E-state index is 11.1. The lowest BCUT2D eigenvalue weighted by Crippen LogP contribution is -2.10. The van der Waals surface area contributed by atoms with Crippen LogP contribution in [0.15, 0.2) is 34.7 Å². The van der Waals surface area contributed by atoms with Crippen LogP contribution in [0, 0.1) is 0 Å². The van der Waals surface area contributed by atoms with Crippen molar-refractivity contribution in [1.82, 2.24) is 0 Å². The molecule has 1 aromatic rings. The third kappa shape index (κ3) is 3.34. The van der Waals surface area contributed by atoms with Gasteiger partial charge >= 0.3 is 16.3 Å². The molecular formula is C8H5NO5S. The van der Waals surface area contributed by atoms with E-state index in [1.54, 1.807) is 6.07 Å². The van der Waals surface area contributed by atoms with Crippen LogP contribution in [-0.4, -0.2) is 20.5 Å². The Hall–Kier alpha value is -1.98. The monoisotopic (exact) mass is 227 g/mol. The lowest BCUT2D eigenvalue weighted by atomic mass is 10.2. The van der Waals surface area contributed by atoms with E-state index in [2.05, 4.69) is 8.58 Å². The minimum Gasteiger partial charge on any atom is -0.324 e. The van der Waals surface area contributed by atoms with E-state index in [9.17, 15) is 18.0 Å². The summed E-state index contributed by atoms with van der Waals surface area (Å²) in [5.74, 6) is -1.10. The summed E-state index contributed by atoms with van der Waals surface area (Å²) in [5.41, 5.74) is 0.0437. The van der Waals surface area contributed by atoms with Gasteiger partial charge in [-0.05, 0) is 16.5 Å². The fraction of sp³-hybridized carbons (Fsp3) is 0. The van der Waals surface area contributed by atoms with Crippen LogP contribution in [0.25, 0.3) is 0 Å². The molecule has 0 aliphatic carbocycles. The van der Waals surface area contributed by atoms with Gasteiger partial charge in [-0.2, -0.15) is 8.42 Å². The van der Waals surface area contributed by atoms with E-state index in [0.29, 0.717) is 0 Å². The Kier molecular flexibility index (Phi) is 3.33. The first-order chi connectivity index (χ1) is 7.05. The molecule has 0 radical (unpaired) electrons. The van der Waals surface area contributed by atoms with Crippen LogP contribution in [-0.2, 0) is 19.3 Å². The molecule has 0 atom stereocenters. The molecule has 0 aliphatic heterocycles. The molecule has 1 aromatic carbocycles. The number of rotatable bonds is 3. The Morgan fingerprint density at radius 3 is 2.40 bits per heavy atom. The number of carbonyl (C=O) groups is 1. The molecule has 0 amide bonds. The van der Waals surface area contributed by atoms with Gasteiger partial charge in [0.25, 0.3) is 6.08 Å². The summed E-state index contributed by atoms with van der Waals surface area (Å²) < 4.78 is 27.8. The average Bonchev–Trinajstić information content (AvgIpc) is 2.18. The van der Waals surface area contributed by atoms with Gasteiger partial charge in [0, 0.05) is 0 Å². The van der Waals surface area contributed by atoms with E-state index in [-0.39, 0.29) is 5.56 Å². The minimum absolute atomic E-state index is 0.0437. The first kappa shape index (κ1) is 11.1. The summed E-state index contributed by atoms with van der Waals surface area (Å²) in [7, 11) is -4.53. The second-order valence-corrected chi connectivity index (χ2v) is 3.55. The molecule has 15 heavy (non-hydrogen) atoms. The van der Waals surface area contributed by atoms with E-state index >= 15 is 0 Å². The van der Waals surface area contributed by atoms with Crippen molar-refractivity contribution in [3.8, 4) is 0 Å². The first-order valence-electron chi connectivity index (χ1n) is 3.68. The van der Waals surface area contributed by atoms with Crippen molar-refractivity contribution >= 4 is 22.4 Å². The van der Waals surface area contributed by atoms with Crippen LogP contribution in [0.1, 0.15) is 10.4 Å². The molecule has 0 N–H and O–H groups in total. The van der Waals surface area contributed by atoms with Crippen molar-refractivity contribution in [3.63, 3.8) is 0 Å². The van der Waals surface area contributed by atoms with Gasteiger partial charge < -0.3 is 4.18 Å². The van der Waals surface area contributed by atoms with Crippen molar-refractivity contribution in [2.45, 2.75) is 0 Å². The van der Waals surface area contributed by atoms with Gasteiger partial charge in [0.1, 0.15) is 0 Å². The van der Waals surface area contributed by atoms with Crippen molar-refractivity contribution < 1.29 is 22.2 Å². The van der Waals surface area contributed by atoms with Crippen molar-refractivity contribution in [2.24, 2.45) is 4.40 Å². The summed E-state index contributed by atoms with van der Waals surface area (Å²) in [6.45, 7) is 0. The van der Waals surface area contributed by atoms with Gasteiger partial charge in [0.2, 0.25) is 0 Å². The molecule has 78 valence electrons. The molecule has 6 nitrogen and oxygen atoms in total. The second kappa shape index (κ2) is 4.50. The van der Waals surface area contributed by atoms with Crippen LogP contribution < -0.4 is 0 Å². The highest BCUT2D eigenvalue weighted by atomic mass is 32.2. The molecule has 0 spiro atoms. The van der Waals surface area contributed by atoms with Gasteiger partial charge in [-0.25, -0.2) is 9.59 Å². The molecule has 0 aromatic heterocycles. The number of hydrogen-bond donors (Lipinski definition) is 0. The summed E-state index contributed by atoms with van der Waals surface area (Å²) in [6.07, 6.45) is 0.775. The lowest BCUT2D eigenvalue weighted by molar-refractivity contribution is 0.0747. The van der Waals surface area contributed by atoms with Gasteiger partial charge in [-0.15, -0.1) is 0 Å². The number of carbonyl (C=O) groups excluding carboxylic acids is 2. The molecule has 7 heteroatoms. The van der Waals surface area contributed by atoms with Crippen molar-refractivity contribution in [2.75, 3.05) is 0 Å². The third-order valence-electron chi connectivity index (χ3n) is 1.34. The van der Waals surface area contributed by atoms with Gasteiger partial charge in [-0.3, -0.25) is 0 Å². The Labute approximate surface area is 85.5 Å². The van der Waals surface area contributed by atoms with E-state index in [1.807, 2.05) is 0 Å². The Morgan fingerprint density at radius 1 is 1.27 bits per heavy atom. The zero-order valence-electron chi connectivity index (χ0n) is 7.28. The fourth-order valence-electron chi connectivity index (χ4n) is 0.782. The van der Waals surface area contributed by atoms with E-state index in [1.165, 1.54) is 24.3 Å². The molecule has 1 rings (SSSR count). The lowest BCUT2D eigenvalue weighted by Gasteiger charge is -1.98. The van der Waals surface area contributed by atoms with Gasteiger partial charge in [0.15, 0.2) is 0 Å². The normalized spacial score (nSPS) is 10.1. The van der Waals surface area contributed by atoms with E-state index in [0.717, 1.165) is 6.08 Å². The standard InChI is InChI=1S/C8H5NO5S/c10-6-9-15(12,13)14-8(11)7-4-2-1-3-5-7/h1-5H. The van der Waals surface area contributed by atoms with Crippen molar-refractivity contribution in [3.05, 3.63) is 35.9 Å². The predicted molar refractivity (Wildman–Crippen MR) is 48.9 cm³/mol. The van der Waals surface area contributed by atoms with Gasteiger partial charge in [-0.1, -0.05) is 18.2 Å². The van der Waals surface area contributed by atoms with Crippen LogP contribution in [0.4, 0.5) is 0 Å². The molecule has 0 unspecified atom stereocenters. The Bertz CT molecular complexity index is 501. The highest BCUT2D eigenvalue weighted by Gasteiger charge is 2.16. The SMILES string of the molecule is O=C=NS(=O)(=O)OC(=O)c1ccccc1. The predicted octanol–water partition coefficient (Wildman–Crippen LogP) is 0.424. The minimum atomic E-state index is -4.53. The number of nitrogens with zero attached hydrogens (tertiary/aromatic N) is 1. The zero-order valence-corrected chi connectivity index (χ0v) is 8.10. The highest BCUT2D eigenvalue weighted by molar-refractivity contribution is 7.85. The van der Waals surface area contributed by atoms with Crippen LogP contribution in [0.2, 0.25) is 0 Å². The quantitative estimate of drug-likeness (QED) is 0.551. The number of benzene rings is 1. The Balaban J connectivity index is 2.86. The summed E-state index contributed by atoms with van der Waals surface area (Å²) in [6, 6.07) is 7.44. The molecule has 0 saturated heterocycles. The number of isocyanates is 1. The summed E-state index contributed by atoms with van der Waals surface area (Å²) >= 11 is 0. The summed E-state index contributed by atoms with van der Waals surface area (Å²) in [5, 5.41) is 0. The van der Waals surface area contributed by atoms with Crippen LogP contribution in [0.5, 0.6) is 0 Å². The van der Waals surface area contributed by atoms with E-state index in [4.69, 9.17) is 0 Å². The maximum absolute atomic E-state index is 11.1. The first-order valence-corrected chi connectivity index (χ1v) is 5.04. The van der Waals surface area contributed by atoms with Gasteiger partial charge in [0.05, 0.1) is 5.56 Å². The van der Waals surface area contributed by atoms with Crippen molar-refractivity contribution in [1.29, 1.82) is 0 Å². The number of hydrogen-bond acceptors (Lipinski definition) is 5. The molecule has 0 saturated carbocycles. The highest BCUT2D eigenvalue weighted by Crippen LogP contribution is 2.04. The molecule has 0 heterocycles. The van der Waals surface area contributed by atoms with Crippen LogP contribution >= 0.6 is 0 Å². The van der Waals surface area contributed by atoms with E-state index < -0.39 is 16.3 Å². The Morgan fingerprint density at radius 2 is 1.87 bits per heavy atom. The molecular weight excluding hydrogens is 222 g/mol. The summed E-state index contributed by atoms with van der Waals surface area (Å²) in [4.78, 5) is 20.8. The fourth-order valence-corrected chi connectivity index (χ4v) is 1.20. The topological polar surface area (TPSA) is 89.9 Å². The molecule has 0 bridgehead atoms. The maximum Gasteiger partial charge on any atom is 0.441 e. The zero-order chi connectivity index (χ0) is 11.3. The molecule has 0 aliphatic rings. The largest absolute Gasteiger partial charge is 0.441 e.